The maximum absolute atomic E-state index is 5.25. The minimum atomic E-state index is -0.390. The van der Waals surface area contributed by atoms with Gasteiger partial charge in [-0.15, -0.1) is 0 Å². The minimum Gasteiger partial charge on any atom is -0.208 e. The number of nitrogens with zero attached hydrogens (tertiary/aromatic N) is 3. The predicted octanol–water partition coefficient (Wildman–Crippen LogP) is 14.2. The summed E-state index contributed by atoms with van der Waals surface area (Å²) in [5.41, 5.74) is 19.7. The van der Waals surface area contributed by atoms with Crippen LogP contribution in [0.25, 0.3) is 89.8 Å². The summed E-state index contributed by atoms with van der Waals surface area (Å²) in [4.78, 5) is 15.7. The van der Waals surface area contributed by atoms with Crippen molar-refractivity contribution in [1.29, 1.82) is 0 Å². The van der Waals surface area contributed by atoms with E-state index in [0.29, 0.717) is 17.5 Å². The second kappa shape index (κ2) is 14.1. The van der Waals surface area contributed by atoms with Gasteiger partial charge < -0.3 is 0 Å². The number of hydrogen-bond donors (Lipinski definition) is 0. The van der Waals surface area contributed by atoms with Crippen LogP contribution in [0, 0.1) is 0 Å². The molecule has 0 bridgehead atoms. The van der Waals surface area contributed by atoms with E-state index in [9.17, 15) is 0 Å². The van der Waals surface area contributed by atoms with E-state index in [0.717, 1.165) is 44.5 Å². The average Bonchev–Trinajstić information content (AvgIpc) is 3.82. The molecule has 0 fully saturated rings. The molecule has 3 heteroatoms. The molecule has 9 aromatic carbocycles. The number of fused-ring (bicyclic) bond motifs is 10. The molecule has 0 saturated heterocycles. The van der Waals surface area contributed by atoms with Crippen molar-refractivity contribution in [1.82, 2.24) is 15.0 Å². The fraction of sp³-hybridized carbons (Fsp3) is 0.0172. The molecule has 0 aliphatic heterocycles. The Kier molecular flexibility index (Phi) is 8.07. The van der Waals surface area contributed by atoms with Crippen molar-refractivity contribution in [2.24, 2.45) is 0 Å². The summed E-state index contributed by atoms with van der Waals surface area (Å²) >= 11 is 0. The van der Waals surface area contributed by atoms with Crippen molar-refractivity contribution in [3.05, 3.63) is 247 Å². The van der Waals surface area contributed by atoms with Gasteiger partial charge >= 0.3 is 0 Å². The zero-order chi connectivity index (χ0) is 40.3. The predicted molar refractivity (Wildman–Crippen MR) is 249 cm³/mol. The average molecular weight is 776 g/mol. The van der Waals surface area contributed by atoms with Gasteiger partial charge in [-0.2, -0.15) is 0 Å². The van der Waals surface area contributed by atoms with Crippen LogP contribution in [0.4, 0.5) is 0 Å². The molecule has 2 aliphatic carbocycles. The van der Waals surface area contributed by atoms with Gasteiger partial charge in [0.05, 0.1) is 5.41 Å². The van der Waals surface area contributed by atoms with Crippen LogP contribution in [-0.4, -0.2) is 15.0 Å². The maximum Gasteiger partial charge on any atom is 0.164 e. The summed E-state index contributed by atoms with van der Waals surface area (Å²) in [6.07, 6.45) is 0. The molecule has 2 aliphatic rings. The number of benzene rings is 9. The molecule has 284 valence electrons. The molecule has 10 aromatic rings. The van der Waals surface area contributed by atoms with Gasteiger partial charge in [-0.05, 0) is 77.9 Å². The van der Waals surface area contributed by atoms with E-state index in [1.165, 1.54) is 50.1 Å². The van der Waals surface area contributed by atoms with Crippen LogP contribution >= 0.6 is 0 Å². The SMILES string of the molecule is c1ccc(-c2ccccc2-c2nc(-c3ccc(-c4cccc5c4-c4ccccc4C54c5ccccc5-c5ccccc54)cc3)nc(-c3ccccc3-c3ccccc3)n2)cc1. The first-order chi connectivity index (χ1) is 30.3. The molecule has 12 rings (SSSR count). The Hall–Kier alpha value is -8.01. The van der Waals surface area contributed by atoms with E-state index in [1.54, 1.807) is 0 Å². The normalized spacial score (nSPS) is 12.7. The summed E-state index contributed by atoms with van der Waals surface area (Å²) in [5.74, 6) is 1.89. The van der Waals surface area contributed by atoms with Gasteiger partial charge in [-0.25, -0.2) is 15.0 Å². The van der Waals surface area contributed by atoms with Gasteiger partial charge in [0.1, 0.15) is 0 Å². The van der Waals surface area contributed by atoms with E-state index in [2.05, 4.69) is 212 Å². The third kappa shape index (κ3) is 5.41. The molecule has 1 heterocycles. The lowest BCUT2D eigenvalue weighted by Crippen LogP contribution is -2.25. The lowest BCUT2D eigenvalue weighted by molar-refractivity contribution is 0.794. The Morgan fingerprint density at radius 1 is 0.213 bits per heavy atom. The van der Waals surface area contributed by atoms with E-state index in [1.807, 2.05) is 12.1 Å². The monoisotopic (exact) mass is 775 g/mol. The Labute approximate surface area is 355 Å². The van der Waals surface area contributed by atoms with Crippen LogP contribution in [0.2, 0.25) is 0 Å². The van der Waals surface area contributed by atoms with Crippen molar-refractivity contribution in [3.8, 4) is 89.8 Å². The number of hydrogen-bond acceptors (Lipinski definition) is 3. The fourth-order valence-corrected chi connectivity index (χ4v) is 10.0. The molecule has 61 heavy (non-hydrogen) atoms. The second-order valence-electron chi connectivity index (χ2n) is 15.8. The molecule has 0 amide bonds. The standard InChI is InChI=1S/C58H37N3/c1-3-18-38(19-4-1)42-22-7-9-26-47(42)56-59-55(60-57(61-56)48-27-10-8-23-43(48)39-20-5-2-6-21-39)41-36-34-40(35-37-41)44-29-17-33-53-54(44)49-28-13-16-32-52(49)58(53)50-30-14-11-24-45(50)46-25-12-15-31-51(46)58/h1-37H. The van der Waals surface area contributed by atoms with Crippen LogP contribution in [0.3, 0.4) is 0 Å². The molecule has 0 atom stereocenters. The lowest BCUT2D eigenvalue weighted by Gasteiger charge is -2.30. The molecule has 0 radical (unpaired) electrons. The highest BCUT2D eigenvalue weighted by Gasteiger charge is 2.51. The molecular weight excluding hydrogens is 739 g/mol. The highest BCUT2D eigenvalue weighted by molar-refractivity contribution is 6.00. The Bertz CT molecular complexity index is 3150. The van der Waals surface area contributed by atoms with E-state index in [4.69, 9.17) is 15.0 Å². The van der Waals surface area contributed by atoms with Gasteiger partial charge in [0, 0.05) is 16.7 Å². The quantitative estimate of drug-likeness (QED) is 0.169. The molecule has 0 saturated carbocycles. The van der Waals surface area contributed by atoms with E-state index >= 15 is 0 Å². The summed E-state index contributed by atoms with van der Waals surface area (Å²) < 4.78 is 0. The largest absolute Gasteiger partial charge is 0.208 e. The van der Waals surface area contributed by atoms with Gasteiger partial charge in [0.2, 0.25) is 0 Å². The van der Waals surface area contributed by atoms with E-state index in [-0.39, 0.29) is 0 Å². The second-order valence-corrected chi connectivity index (χ2v) is 15.8. The minimum absolute atomic E-state index is 0.390. The summed E-state index contributed by atoms with van der Waals surface area (Å²) in [5, 5.41) is 0. The van der Waals surface area contributed by atoms with Gasteiger partial charge in [-0.1, -0.05) is 224 Å². The van der Waals surface area contributed by atoms with Crippen molar-refractivity contribution in [2.45, 2.75) is 5.41 Å². The van der Waals surface area contributed by atoms with Crippen LogP contribution in [0.15, 0.2) is 224 Å². The molecule has 3 nitrogen and oxygen atoms in total. The highest BCUT2D eigenvalue weighted by Crippen LogP contribution is 2.63. The fourth-order valence-electron chi connectivity index (χ4n) is 10.0. The zero-order valence-electron chi connectivity index (χ0n) is 33.2. The molecule has 1 aromatic heterocycles. The maximum atomic E-state index is 5.25. The van der Waals surface area contributed by atoms with Crippen LogP contribution in [0.1, 0.15) is 22.3 Å². The van der Waals surface area contributed by atoms with Crippen LogP contribution in [0.5, 0.6) is 0 Å². The topological polar surface area (TPSA) is 38.7 Å². The first-order valence-electron chi connectivity index (χ1n) is 20.9. The molecule has 0 unspecified atom stereocenters. The molecular formula is C58H37N3. The van der Waals surface area contributed by atoms with Crippen molar-refractivity contribution >= 4 is 0 Å². The number of rotatable bonds is 6. The zero-order valence-corrected chi connectivity index (χ0v) is 33.2. The molecule has 0 N–H and O–H groups in total. The summed E-state index contributed by atoms with van der Waals surface area (Å²) in [7, 11) is 0. The number of aromatic nitrogens is 3. The Morgan fingerprint density at radius 2 is 0.557 bits per heavy atom. The van der Waals surface area contributed by atoms with Crippen molar-refractivity contribution in [2.75, 3.05) is 0 Å². The summed E-state index contributed by atoms with van der Waals surface area (Å²) in [6, 6.07) is 80.3. The van der Waals surface area contributed by atoms with Gasteiger partial charge in [-0.3, -0.25) is 0 Å². The highest BCUT2D eigenvalue weighted by atomic mass is 15.0. The Morgan fingerprint density at radius 3 is 1.08 bits per heavy atom. The third-order valence-electron chi connectivity index (χ3n) is 12.6. The lowest BCUT2D eigenvalue weighted by atomic mass is 9.70. The first kappa shape index (κ1) is 35.0. The van der Waals surface area contributed by atoms with Crippen molar-refractivity contribution in [3.63, 3.8) is 0 Å². The smallest absolute Gasteiger partial charge is 0.164 e. The molecule has 1 spiro atoms. The van der Waals surface area contributed by atoms with E-state index < -0.39 is 5.41 Å². The van der Waals surface area contributed by atoms with Crippen LogP contribution in [-0.2, 0) is 5.41 Å². The van der Waals surface area contributed by atoms with Gasteiger partial charge in [0.25, 0.3) is 0 Å². The first-order valence-corrected chi connectivity index (χ1v) is 20.9. The van der Waals surface area contributed by atoms with Crippen LogP contribution < -0.4 is 0 Å². The van der Waals surface area contributed by atoms with Gasteiger partial charge in [0.15, 0.2) is 17.5 Å². The Balaban J connectivity index is 1.02. The van der Waals surface area contributed by atoms with Crippen molar-refractivity contribution < 1.29 is 0 Å². The third-order valence-corrected chi connectivity index (χ3v) is 12.6. The summed E-state index contributed by atoms with van der Waals surface area (Å²) in [6.45, 7) is 0.